The Morgan fingerprint density at radius 1 is 0.389 bits per heavy atom. The van der Waals surface area contributed by atoms with Crippen molar-refractivity contribution in [2.24, 2.45) is 0 Å². The van der Waals surface area contributed by atoms with E-state index in [1.54, 1.807) is 0 Å². The van der Waals surface area contributed by atoms with E-state index in [1.807, 2.05) is 41.5 Å². The van der Waals surface area contributed by atoms with Crippen LogP contribution < -0.4 is 0 Å². The van der Waals surface area contributed by atoms with Crippen molar-refractivity contribution < 1.29 is 53.1 Å². The average Bonchev–Trinajstić information content (AvgIpc) is 2.87. The van der Waals surface area contributed by atoms with Crippen LogP contribution in [0, 0.1) is 0 Å². The highest BCUT2D eigenvalue weighted by atomic mass is 28.5. The topological polar surface area (TPSA) is 111 Å². The predicted molar refractivity (Wildman–Crippen MR) is 142 cm³/mol. The maximum atomic E-state index is 6.52. The van der Waals surface area contributed by atoms with Crippen LogP contribution in [0.15, 0.2) is 0 Å². The summed E-state index contributed by atoms with van der Waals surface area (Å²) in [5.41, 5.74) is 0. The second-order valence-electron chi connectivity index (χ2n) is 7.26. The summed E-state index contributed by atoms with van der Waals surface area (Å²) >= 11 is 0. The zero-order valence-electron chi connectivity index (χ0n) is 24.3. The highest BCUT2D eigenvalue weighted by molar-refractivity contribution is 7.04. The van der Waals surface area contributed by atoms with Crippen LogP contribution >= 0.6 is 0 Å². The molecule has 0 atom stereocenters. The maximum Gasteiger partial charge on any atom is 0.516 e. The quantitative estimate of drug-likeness (QED) is 0.162. The monoisotopic (exact) mass is 594 g/mol. The van der Waals surface area contributed by atoms with Gasteiger partial charge in [-0.25, -0.2) is 0 Å². The molecule has 0 spiro atoms. The smallest absolute Gasteiger partial charge is 0.377 e. The first-order chi connectivity index (χ1) is 17.2. The van der Waals surface area contributed by atoms with E-state index in [0.29, 0.717) is 19.8 Å². The molecule has 0 radical (unpaired) electrons. The summed E-state index contributed by atoms with van der Waals surface area (Å²) in [4.78, 5) is 0. The third-order valence-electron chi connectivity index (χ3n) is 5.76. The Bertz CT molecular complexity index is 510. The van der Waals surface area contributed by atoms with Gasteiger partial charge in [-0.2, -0.15) is 0 Å². The van der Waals surface area contributed by atoms with Crippen LogP contribution in [-0.2, 0) is 53.1 Å². The molecule has 36 heavy (non-hydrogen) atoms. The lowest BCUT2D eigenvalue weighted by Crippen LogP contribution is -2.82. The van der Waals surface area contributed by atoms with E-state index in [0.717, 1.165) is 0 Å². The van der Waals surface area contributed by atoms with E-state index in [-0.39, 0.29) is 25.9 Å². The van der Waals surface area contributed by atoms with Crippen molar-refractivity contribution in [3.63, 3.8) is 0 Å². The molecular weight excluding hydrogens is 545 g/mol. The first-order valence-electron chi connectivity index (χ1n) is 12.3. The van der Waals surface area contributed by atoms with Crippen LogP contribution in [-0.4, -0.2) is 118 Å². The van der Waals surface area contributed by atoms with Gasteiger partial charge in [0.1, 0.15) is 0 Å². The van der Waals surface area contributed by atoms with Gasteiger partial charge in [0.25, 0.3) is 0 Å². The van der Waals surface area contributed by atoms with Gasteiger partial charge in [-0.1, -0.05) is 0 Å². The summed E-state index contributed by atoms with van der Waals surface area (Å²) in [6, 6.07) is 0.0191. The van der Waals surface area contributed by atoms with Crippen molar-refractivity contribution in [1.29, 1.82) is 0 Å². The Morgan fingerprint density at radius 2 is 0.639 bits per heavy atom. The molecule has 16 heteroatoms. The highest BCUT2D eigenvalue weighted by Crippen LogP contribution is 2.61. The van der Waals surface area contributed by atoms with Crippen LogP contribution in [0.5, 0.6) is 0 Å². The van der Waals surface area contributed by atoms with Crippen LogP contribution in [0.2, 0.25) is 10.3 Å². The summed E-state index contributed by atoms with van der Waals surface area (Å²) in [6.45, 7) is 12.9. The number of hydrogen-bond donors (Lipinski definition) is 0. The third kappa shape index (κ3) is 6.74. The van der Waals surface area contributed by atoms with Gasteiger partial charge in [0.2, 0.25) is 0 Å². The van der Waals surface area contributed by atoms with Crippen LogP contribution in [0.25, 0.3) is 0 Å². The van der Waals surface area contributed by atoms with Crippen molar-refractivity contribution in [3.8, 4) is 0 Å². The fourth-order valence-corrected chi connectivity index (χ4v) is 26.5. The fourth-order valence-electron chi connectivity index (χ4n) is 4.76. The van der Waals surface area contributed by atoms with Crippen molar-refractivity contribution in [2.75, 3.05) is 82.3 Å². The average molecular weight is 595 g/mol. The minimum atomic E-state index is -4.00. The molecule has 0 saturated heterocycles. The van der Waals surface area contributed by atoms with Gasteiger partial charge in [0, 0.05) is 88.3 Å². The zero-order chi connectivity index (χ0) is 27.9. The zero-order valence-corrected chi connectivity index (χ0v) is 28.3. The molecule has 12 nitrogen and oxygen atoms in total. The van der Waals surface area contributed by atoms with Crippen LogP contribution in [0.3, 0.4) is 0 Å². The van der Waals surface area contributed by atoms with E-state index in [9.17, 15) is 0 Å². The normalized spacial score (nSPS) is 14.0. The molecule has 0 amide bonds. The molecule has 0 aliphatic heterocycles. The van der Waals surface area contributed by atoms with Gasteiger partial charge in [0.15, 0.2) is 4.28 Å². The van der Waals surface area contributed by atoms with Crippen molar-refractivity contribution in [2.45, 2.75) is 51.9 Å². The molecule has 0 fully saturated rings. The van der Waals surface area contributed by atoms with Crippen molar-refractivity contribution in [1.82, 2.24) is 0 Å². The minimum Gasteiger partial charge on any atom is -0.377 e. The summed E-state index contributed by atoms with van der Waals surface area (Å²) in [5.74, 6) is 0. The van der Waals surface area contributed by atoms with Gasteiger partial charge in [0.05, 0.1) is 0 Å². The summed E-state index contributed by atoms with van der Waals surface area (Å²) in [6.07, 6.45) is 0. The molecular formula is C20H50O12Si4. The first kappa shape index (κ1) is 36.4. The molecule has 0 N–H and O–H groups in total. The Hall–Kier alpha value is 0.388. The fraction of sp³-hybridized carbons (Fsp3) is 1.00. The standard InChI is InChI=1S/C20H50O12Si4/c1-13-27-33(28-14-2,29-15-3)19-20(34(21-7,22-8)23-9,35(24-10,25-11)26-12)36(30-16-4,31-17-5)32-18-6/h13-19H2,1-12H3. The summed E-state index contributed by atoms with van der Waals surface area (Å²) < 4.78 is 74.1. The van der Waals surface area contributed by atoms with Crippen LogP contribution in [0.1, 0.15) is 41.5 Å². The maximum absolute atomic E-state index is 6.52. The van der Waals surface area contributed by atoms with E-state index in [2.05, 4.69) is 0 Å². The third-order valence-corrected chi connectivity index (χ3v) is 24.4. The van der Waals surface area contributed by atoms with Crippen LogP contribution in [0.4, 0.5) is 0 Å². The van der Waals surface area contributed by atoms with Gasteiger partial charge >= 0.3 is 35.2 Å². The Labute approximate surface area is 222 Å². The van der Waals surface area contributed by atoms with Gasteiger partial charge in [-0.05, 0) is 41.5 Å². The Kier molecular flexibility index (Phi) is 17.3. The first-order valence-corrected chi connectivity index (χ1v) is 19.4. The number of rotatable bonds is 23. The highest BCUT2D eigenvalue weighted by Gasteiger charge is 2.91. The molecule has 0 rings (SSSR count). The molecule has 0 bridgehead atoms. The second kappa shape index (κ2) is 17.2. The molecule has 0 aromatic rings. The lowest BCUT2D eigenvalue weighted by molar-refractivity contribution is 0.00651. The lowest BCUT2D eigenvalue weighted by atomic mass is 10.9. The lowest BCUT2D eigenvalue weighted by Gasteiger charge is -2.55. The van der Waals surface area contributed by atoms with E-state index in [4.69, 9.17) is 53.1 Å². The second-order valence-corrected chi connectivity index (χ2v) is 20.6. The van der Waals surface area contributed by atoms with Gasteiger partial charge in [-0.15, -0.1) is 0 Å². The van der Waals surface area contributed by atoms with Crippen molar-refractivity contribution >= 4 is 35.2 Å². The molecule has 0 unspecified atom stereocenters. The SMILES string of the molecule is CCO[Si](CC([Si](OC)(OC)OC)([Si](OC)(OC)OC)[Si](OCC)(OCC)OCC)(OCC)OCC. The van der Waals surface area contributed by atoms with Gasteiger partial charge in [-0.3, -0.25) is 0 Å². The van der Waals surface area contributed by atoms with Crippen molar-refractivity contribution in [3.05, 3.63) is 0 Å². The molecule has 0 aromatic carbocycles. The Morgan fingerprint density at radius 3 is 0.833 bits per heavy atom. The largest absolute Gasteiger partial charge is 0.516 e. The molecule has 0 aromatic heterocycles. The van der Waals surface area contributed by atoms with Gasteiger partial charge < -0.3 is 53.1 Å². The number of hydrogen-bond acceptors (Lipinski definition) is 12. The van der Waals surface area contributed by atoms with E-state index in [1.165, 1.54) is 42.7 Å². The molecule has 0 aliphatic rings. The molecule has 0 aliphatic carbocycles. The van der Waals surface area contributed by atoms with E-state index >= 15 is 0 Å². The molecule has 0 heterocycles. The summed E-state index contributed by atoms with van der Waals surface area (Å²) in [5, 5.41) is 0. The Balaban J connectivity index is 8.23. The van der Waals surface area contributed by atoms with E-state index < -0.39 is 39.5 Å². The molecule has 0 saturated carbocycles. The summed E-state index contributed by atoms with van der Waals surface area (Å²) in [7, 11) is -6.49. The minimum absolute atomic E-state index is 0.0191. The predicted octanol–water partition coefficient (Wildman–Crippen LogP) is 2.66. The molecule has 218 valence electrons.